The van der Waals surface area contributed by atoms with E-state index in [1.807, 2.05) is 0 Å². The number of benzene rings is 1. The first-order valence-electron chi connectivity index (χ1n) is 6.05. The monoisotopic (exact) mass is 278 g/mol. The Morgan fingerprint density at radius 2 is 2.20 bits per heavy atom. The fourth-order valence-electron chi connectivity index (χ4n) is 1.57. The maximum atomic E-state index is 13.3. The highest BCUT2D eigenvalue weighted by molar-refractivity contribution is 5.77. The number of para-hydroxylation sites is 1. The molecule has 0 saturated heterocycles. The molecular formula is C13H15FN4O2. The number of likely N-dealkylation sites (N-methyl/N-ethyl adjacent to an activating group) is 1. The number of rotatable bonds is 5. The van der Waals surface area contributed by atoms with Crippen LogP contribution in [0.2, 0.25) is 0 Å². The first-order chi connectivity index (χ1) is 9.56. The number of ether oxygens (including phenoxy) is 1. The molecule has 0 radical (unpaired) electrons. The molecular weight excluding hydrogens is 263 g/mol. The Hall–Kier alpha value is -2.44. The number of aromatic amines is 1. The maximum Gasteiger partial charge on any atom is 0.260 e. The van der Waals surface area contributed by atoms with Crippen LogP contribution in [-0.2, 0) is 11.3 Å². The van der Waals surface area contributed by atoms with Gasteiger partial charge in [0.2, 0.25) is 0 Å². The Morgan fingerprint density at radius 1 is 1.45 bits per heavy atom. The predicted octanol–water partition coefficient (Wildman–Crippen LogP) is 1.29. The fourth-order valence-corrected chi connectivity index (χ4v) is 1.57. The summed E-state index contributed by atoms with van der Waals surface area (Å²) < 4.78 is 18.5. The Kier molecular flexibility index (Phi) is 4.29. The van der Waals surface area contributed by atoms with Crippen LogP contribution in [0.5, 0.6) is 5.75 Å². The minimum atomic E-state index is -0.493. The van der Waals surface area contributed by atoms with Gasteiger partial charge >= 0.3 is 0 Å². The van der Waals surface area contributed by atoms with Gasteiger partial charge in [0, 0.05) is 7.05 Å². The summed E-state index contributed by atoms with van der Waals surface area (Å²) in [6.45, 7) is 1.81. The van der Waals surface area contributed by atoms with Crippen molar-refractivity contribution in [2.75, 3.05) is 13.7 Å². The van der Waals surface area contributed by atoms with Crippen LogP contribution in [0.1, 0.15) is 11.6 Å². The van der Waals surface area contributed by atoms with E-state index in [0.29, 0.717) is 11.6 Å². The second-order valence-corrected chi connectivity index (χ2v) is 4.31. The second-order valence-electron chi connectivity index (χ2n) is 4.31. The lowest BCUT2D eigenvalue weighted by Crippen LogP contribution is -2.31. The number of aromatic nitrogens is 3. The average molecular weight is 278 g/mol. The molecule has 0 spiro atoms. The quantitative estimate of drug-likeness (QED) is 0.894. The number of carbonyl (C=O) groups excluding carboxylic acids is 1. The van der Waals surface area contributed by atoms with E-state index in [1.54, 1.807) is 26.1 Å². The van der Waals surface area contributed by atoms with Crippen molar-refractivity contribution in [2.24, 2.45) is 0 Å². The van der Waals surface area contributed by atoms with E-state index < -0.39 is 5.82 Å². The molecule has 7 heteroatoms. The van der Waals surface area contributed by atoms with E-state index in [-0.39, 0.29) is 24.8 Å². The number of aryl methyl sites for hydroxylation is 1. The third kappa shape index (κ3) is 3.53. The van der Waals surface area contributed by atoms with Crippen molar-refractivity contribution in [1.82, 2.24) is 20.1 Å². The lowest BCUT2D eigenvalue weighted by molar-refractivity contribution is -0.132. The molecule has 1 amide bonds. The SMILES string of the molecule is Cc1nc(CN(C)C(=O)COc2ccccc2F)n[nH]1. The van der Waals surface area contributed by atoms with E-state index in [0.717, 1.165) is 0 Å². The normalized spacial score (nSPS) is 10.3. The first-order valence-corrected chi connectivity index (χ1v) is 6.05. The van der Waals surface area contributed by atoms with E-state index in [2.05, 4.69) is 15.2 Å². The van der Waals surface area contributed by atoms with Gasteiger partial charge in [-0.15, -0.1) is 0 Å². The molecule has 1 heterocycles. The number of nitrogens with zero attached hydrogens (tertiary/aromatic N) is 3. The molecule has 6 nitrogen and oxygen atoms in total. The predicted molar refractivity (Wildman–Crippen MR) is 69.5 cm³/mol. The van der Waals surface area contributed by atoms with E-state index >= 15 is 0 Å². The van der Waals surface area contributed by atoms with Crippen LogP contribution in [0.4, 0.5) is 4.39 Å². The van der Waals surface area contributed by atoms with Gasteiger partial charge in [-0.3, -0.25) is 9.89 Å². The Bertz CT molecular complexity index is 600. The summed E-state index contributed by atoms with van der Waals surface area (Å²) in [5, 5.41) is 6.64. The fraction of sp³-hybridized carbons (Fsp3) is 0.308. The molecule has 2 aromatic rings. The van der Waals surface area contributed by atoms with Gasteiger partial charge in [0.15, 0.2) is 24.0 Å². The van der Waals surface area contributed by atoms with Crippen molar-refractivity contribution in [3.63, 3.8) is 0 Å². The summed E-state index contributed by atoms with van der Waals surface area (Å²) in [5.41, 5.74) is 0. The lowest BCUT2D eigenvalue weighted by atomic mass is 10.3. The van der Waals surface area contributed by atoms with Crippen molar-refractivity contribution in [2.45, 2.75) is 13.5 Å². The number of hydrogen-bond acceptors (Lipinski definition) is 4. The molecule has 0 saturated carbocycles. The summed E-state index contributed by atoms with van der Waals surface area (Å²) >= 11 is 0. The van der Waals surface area contributed by atoms with Gasteiger partial charge in [0.05, 0.1) is 6.54 Å². The van der Waals surface area contributed by atoms with Crippen LogP contribution in [-0.4, -0.2) is 39.6 Å². The van der Waals surface area contributed by atoms with Gasteiger partial charge in [-0.05, 0) is 19.1 Å². The molecule has 0 unspecified atom stereocenters. The zero-order valence-corrected chi connectivity index (χ0v) is 11.3. The molecule has 106 valence electrons. The van der Waals surface area contributed by atoms with Crippen molar-refractivity contribution in [1.29, 1.82) is 0 Å². The third-order valence-electron chi connectivity index (χ3n) is 2.64. The average Bonchev–Trinajstić information content (AvgIpc) is 2.82. The van der Waals surface area contributed by atoms with Crippen molar-refractivity contribution >= 4 is 5.91 Å². The molecule has 0 atom stereocenters. The molecule has 20 heavy (non-hydrogen) atoms. The van der Waals surface area contributed by atoms with Crippen LogP contribution in [0.25, 0.3) is 0 Å². The van der Waals surface area contributed by atoms with E-state index in [9.17, 15) is 9.18 Å². The third-order valence-corrected chi connectivity index (χ3v) is 2.64. The van der Waals surface area contributed by atoms with Gasteiger partial charge in [0.25, 0.3) is 5.91 Å². The molecule has 0 bridgehead atoms. The summed E-state index contributed by atoms with van der Waals surface area (Å²) in [4.78, 5) is 17.4. The minimum Gasteiger partial charge on any atom is -0.481 e. The van der Waals surface area contributed by atoms with E-state index in [1.165, 1.54) is 17.0 Å². The Balaban J connectivity index is 1.87. The van der Waals surface area contributed by atoms with Crippen LogP contribution < -0.4 is 4.74 Å². The molecule has 1 aromatic carbocycles. The zero-order chi connectivity index (χ0) is 14.5. The molecule has 0 aliphatic carbocycles. The van der Waals surface area contributed by atoms with Crippen LogP contribution in [0.3, 0.4) is 0 Å². The number of H-pyrrole nitrogens is 1. The van der Waals surface area contributed by atoms with Gasteiger partial charge in [0.1, 0.15) is 5.82 Å². The standard InChI is InChI=1S/C13H15FN4O2/c1-9-15-12(17-16-9)7-18(2)13(19)8-20-11-6-4-3-5-10(11)14/h3-6H,7-8H2,1-2H3,(H,15,16,17). The summed E-state index contributed by atoms with van der Waals surface area (Å²) in [5.74, 6) is 0.485. The smallest absolute Gasteiger partial charge is 0.260 e. The number of hydrogen-bond donors (Lipinski definition) is 1. The van der Waals surface area contributed by atoms with Crippen LogP contribution >= 0.6 is 0 Å². The van der Waals surface area contributed by atoms with Crippen LogP contribution in [0.15, 0.2) is 24.3 Å². The number of carbonyl (C=O) groups is 1. The number of halogens is 1. The van der Waals surface area contributed by atoms with Gasteiger partial charge < -0.3 is 9.64 Å². The topological polar surface area (TPSA) is 71.1 Å². The Labute approximate surface area is 115 Å². The summed E-state index contributed by atoms with van der Waals surface area (Å²) in [7, 11) is 1.61. The number of nitrogens with one attached hydrogen (secondary N) is 1. The second kappa shape index (κ2) is 6.14. The minimum absolute atomic E-state index is 0.0583. The molecule has 0 fully saturated rings. The van der Waals surface area contributed by atoms with Crippen molar-refractivity contribution in [3.05, 3.63) is 41.7 Å². The van der Waals surface area contributed by atoms with Crippen LogP contribution in [0, 0.1) is 12.7 Å². The van der Waals surface area contributed by atoms with Crippen molar-refractivity contribution in [3.8, 4) is 5.75 Å². The highest BCUT2D eigenvalue weighted by atomic mass is 19.1. The first kappa shape index (κ1) is 14.0. The largest absolute Gasteiger partial charge is 0.481 e. The van der Waals surface area contributed by atoms with Gasteiger partial charge in [-0.1, -0.05) is 12.1 Å². The highest BCUT2D eigenvalue weighted by Crippen LogP contribution is 2.15. The highest BCUT2D eigenvalue weighted by Gasteiger charge is 2.13. The maximum absolute atomic E-state index is 13.3. The molecule has 0 aliphatic rings. The zero-order valence-electron chi connectivity index (χ0n) is 11.3. The van der Waals surface area contributed by atoms with Gasteiger partial charge in [-0.2, -0.15) is 5.10 Å². The molecule has 1 aromatic heterocycles. The lowest BCUT2D eigenvalue weighted by Gasteiger charge is -2.15. The van der Waals surface area contributed by atoms with E-state index in [4.69, 9.17) is 4.74 Å². The molecule has 0 aliphatic heterocycles. The number of amides is 1. The Morgan fingerprint density at radius 3 is 2.85 bits per heavy atom. The summed E-state index contributed by atoms with van der Waals surface area (Å²) in [6.07, 6.45) is 0. The summed E-state index contributed by atoms with van der Waals surface area (Å²) in [6, 6.07) is 5.95. The van der Waals surface area contributed by atoms with Gasteiger partial charge in [-0.25, -0.2) is 9.37 Å². The molecule has 2 rings (SSSR count). The molecule has 1 N–H and O–H groups in total. The van der Waals surface area contributed by atoms with Crippen molar-refractivity contribution < 1.29 is 13.9 Å².